The second kappa shape index (κ2) is 30.7. The summed E-state index contributed by atoms with van der Waals surface area (Å²) in [6.07, 6.45) is 0. The molecule has 20 aromatic rings. The minimum atomic E-state index is 0.630. The van der Waals surface area contributed by atoms with E-state index in [9.17, 15) is 0 Å². The van der Waals surface area contributed by atoms with Gasteiger partial charge in [0.15, 0.2) is 23.3 Å². The molecular formula is C105H71N9. The number of rotatable bonds is 14. The Labute approximate surface area is 661 Å². The maximum Gasteiger partial charge on any atom is 0.164 e. The van der Waals surface area contributed by atoms with Crippen LogP contribution in [-0.4, -0.2) is 44.9 Å². The molecule has 9 heteroatoms. The van der Waals surface area contributed by atoms with E-state index in [2.05, 4.69) is 311 Å². The minimum Gasteiger partial charge on any atom is -0.251 e. The Kier molecular flexibility index (Phi) is 18.7. The Morgan fingerprint density at radius 1 is 0.149 bits per heavy atom. The normalized spacial score (nSPS) is 11.2. The van der Waals surface area contributed by atoms with Crippen LogP contribution >= 0.6 is 0 Å². The van der Waals surface area contributed by atoms with Gasteiger partial charge in [-0.2, -0.15) is 0 Å². The maximum absolute atomic E-state index is 5.15. The summed E-state index contributed by atoms with van der Waals surface area (Å²) < 4.78 is 0. The van der Waals surface area contributed by atoms with E-state index in [0.29, 0.717) is 23.3 Å². The first-order valence-corrected chi connectivity index (χ1v) is 38.3. The lowest BCUT2D eigenvalue weighted by Gasteiger charge is -2.13. The van der Waals surface area contributed by atoms with Crippen LogP contribution in [0.5, 0.6) is 0 Å². The molecule has 0 amide bonds. The number of pyridine rings is 4. The van der Waals surface area contributed by atoms with Gasteiger partial charge in [0, 0.05) is 77.4 Å². The van der Waals surface area contributed by atoms with Gasteiger partial charge in [-0.15, -0.1) is 0 Å². The summed E-state index contributed by atoms with van der Waals surface area (Å²) in [5, 5.41) is 4.33. The molecule has 9 nitrogen and oxygen atoms in total. The van der Waals surface area contributed by atoms with E-state index in [1.165, 1.54) is 11.1 Å². The van der Waals surface area contributed by atoms with Crippen molar-refractivity contribution in [3.8, 4) is 157 Å². The van der Waals surface area contributed by atoms with Crippen molar-refractivity contribution >= 4 is 43.6 Å². The molecule has 0 aliphatic heterocycles. The molecule has 0 aliphatic rings. The van der Waals surface area contributed by atoms with Crippen LogP contribution in [0.4, 0.5) is 0 Å². The first-order chi connectivity index (χ1) is 56.2. The summed E-state index contributed by atoms with van der Waals surface area (Å²) in [6, 6.07) is 137. The predicted octanol–water partition coefficient (Wildman–Crippen LogP) is 26.5. The topological polar surface area (TPSA) is 116 Å². The van der Waals surface area contributed by atoms with Crippen LogP contribution in [0.1, 0.15) is 11.4 Å². The predicted molar refractivity (Wildman–Crippen MR) is 469 cm³/mol. The van der Waals surface area contributed by atoms with Gasteiger partial charge in [-0.3, -0.25) is 9.97 Å². The maximum atomic E-state index is 5.15. The lowest BCUT2D eigenvalue weighted by Crippen LogP contribution is -2.00. The first-order valence-electron chi connectivity index (χ1n) is 38.3. The molecule has 14 aromatic carbocycles. The Balaban J connectivity index is 0.000000153. The van der Waals surface area contributed by atoms with Crippen molar-refractivity contribution in [1.82, 2.24) is 44.9 Å². The van der Waals surface area contributed by atoms with Gasteiger partial charge in [0.25, 0.3) is 0 Å². The van der Waals surface area contributed by atoms with Gasteiger partial charge < -0.3 is 0 Å². The lowest BCUT2D eigenvalue weighted by molar-refractivity contribution is 1.07. The van der Waals surface area contributed by atoms with Crippen molar-refractivity contribution in [1.29, 1.82) is 0 Å². The zero-order valence-corrected chi connectivity index (χ0v) is 62.6. The number of aryl methyl sites for hydroxylation is 2. The molecule has 0 saturated carbocycles. The standard InChI is InChI=1S/C53H36N4.C52H35N5/c1-35-32-47(46-30-28-42-29-31-48(40-14-7-3-8-15-40)55-51(42)52(46)54-35)39-24-20-38(21-25-39)44-18-11-19-45(33-44)50-34-49(41-16-9-4-10-17-41)56-53(57-50)43-26-22-37(23-27-43)36-12-5-2-6-13-36;1-34-33-46(45-31-29-41-30-32-47(40-13-7-3-8-14-40)54-48(41)49(45)53-34)39-23-17-37(18-24-39)38-21-27-44(28-22-38)52-56-50(42-15-9-4-10-16-42)55-51(57-52)43-25-19-36(20-26-43)35-11-5-2-6-12-35/h2-34H,1H3;2-33H,1H3. The molecule has 6 heterocycles. The van der Waals surface area contributed by atoms with E-state index in [4.69, 9.17) is 44.9 Å². The highest BCUT2D eigenvalue weighted by molar-refractivity contribution is 6.10. The van der Waals surface area contributed by atoms with Crippen molar-refractivity contribution in [2.75, 3.05) is 0 Å². The number of hydrogen-bond acceptors (Lipinski definition) is 9. The van der Waals surface area contributed by atoms with Gasteiger partial charge in [0.2, 0.25) is 0 Å². The van der Waals surface area contributed by atoms with E-state index in [-0.39, 0.29) is 0 Å². The van der Waals surface area contributed by atoms with Crippen LogP contribution in [0.25, 0.3) is 201 Å². The van der Waals surface area contributed by atoms with Crippen molar-refractivity contribution in [3.63, 3.8) is 0 Å². The smallest absolute Gasteiger partial charge is 0.164 e. The van der Waals surface area contributed by atoms with E-state index >= 15 is 0 Å². The third-order valence-corrected chi connectivity index (χ3v) is 21.0. The monoisotopic (exact) mass is 1460 g/mol. The molecule has 6 aromatic heterocycles. The first kappa shape index (κ1) is 69.3. The van der Waals surface area contributed by atoms with E-state index in [1.807, 2.05) is 97.1 Å². The highest BCUT2D eigenvalue weighted by atomic mass is 15.0. The van der Waals surface area contributed by atoms with Gasteiger partial charge >= 0.3 is 0 Å². The Morgan fingerprint density at radius 3 is 0.789 bits per heavy atom. The number of fused-ring (bicyclic) bond motifs is 6. The zero-order valence-electron chi connectivity index (χ0n) is 62.6. The molecule has 0 spiro atoms. The van der Waals surface area contributed by atoms with Crippen LogP contribution < -0.4 is 0 Å². The summed E-state index contributed by atoms with van der Waals surface area (Å²) in [5.74, 6) is 2.60. The highest BCUT2D eigenvalue weighted by Gasteiger charge is 2.19. The van der Waals surface area contributed by atoms with Crippen LogP contribution in [0, 0.1) is 13.8 Å². The Bertz CT molecular complexity index is 6900. The van der Waals surface area contributed by atoms with Crippen LogP contribution in [0.3, 0.4) is 0 Å². The van der Waals surface area contributed by atoms with Gasteiger partial charge in [0.05, 0.1) is 44.8 Å². The number of aromatic nitrogens is 9. The van der Waals surface area contributed by atoms with Crippen LogP contribution in [-0.2, 0) is 0 Å². The third kappa shape index (κ3) is 14.4. The van der Waals surface area contributed by atoms with Crippen LogP contribution in [0.2, 0.25) is 0 Å². The minimum absolute atomic E-state index is 0.630. The molecule has 0 N–H and O–H groups in total. The molecule has 20 rings (SSSR count). The van der Waals surface area contributed by atoms with E-state index < -0.39 is 0 Å². The SMILES string of the molecule is Cc1cc(-c2ccc(-c3ccc(-c4nc(-c5ccccc5)nc(-c5ccc(-c6ccccc6)cc5)n4)cc3)cc2)c2ccc3ccc(-c4ccccc4)nc3c2n1.Cc1cc(-c2ccc(-c3cccc(-c4cc(-c5ccccc5)nc(-c5ccc(-c6ccccc6)cc5)n4)c3)cc2)c2ccc3ccc(-c4ccccc4)nc3c2n1. The summed E-state index contributed by atoms with van der Waals surface area (Å²) in [7, 11) is 0. The fraction of sp³-hybridized carbons (Fsp3) is 0.0190. The lowest BCUT2D eigenvalue weighted by atomic mass is 9.95. The van der Waals surface area contributed by atoms with Gasteiger partial charge in [0.1, 0.15) is 0 Å². The summed E-state index contributed by atoms with van der Waals surface area (Å²) in [6.45, 7) is 4.11. The zero-order chi connectivity index (χ0) is 76.3. The number of hydrogen-bond donors (Lipinski definition) is 0. The summed E-state index contributed by atoms with van der Waals surface area (Å²) >= 11 is 0. The molecule has 536 valence electrons. The van der Waals surface area contributed by atoms with Gasteiger partial charge in [-0.25, -0.2) is 34.9 Å². The largest absolute Gasteiger partial charge is 0.251 e. The quantitative estimate of drug-likeness (QED) is 0.0981. The van der Waals surface area contributed by atoms with Crippen molar-refractivity contribution < 1.29 is 0 Å². The molecule has 114 heavy (non-hydrogen) atoms. The summed E-state index contributed by atoms with van der Waals surface area (Å²) in [4.78, 5) is 45.3. The Morgan fingerprint density at radius 2 is 0.412 bits per heavy atom. The second-order valence-corrected chi connectivity index (χ2v) is 28.5. The van der Waals surface area contributed by atoms with Crippen LogP contribution in [0.15, 0.2) is 394 Å². The molecule has 0 aliphatic carbocycles. The fourth-order valence-corrected chi connectivity index (χ4v) is 15.1. The van der Waals surface area contributed by atoms with Gasteiger partial charge in [-0.1, -0.05) is 358 Å². The fourth-order valence-electron chi connectivity index (χ4n) is 15.1. The number of nitrogens with zero attached hydrogens (tertiary/aromatic N) is 9. The van der Waals surface area contributed by atoms with E-state index in [1.54, 1.807) is 0 Å². The van der Waals surface area contributed by atoms with Crippen molar-refractivity contribution in [3.05, 3.63) is 406 Å². The van der Waals surface area contributed by atoms with Crippen molar-refractivity contribution in [2.45, 2.75) is 13.8 Å². The molecule has 0 unspecified atom stereocenters. The Hall–Kier alpha value is -15.2. The molecular weight excluding hydrogens is 1390 g/mol. The highest BCUT2D eigenvalue weighted by Crippen LogP contribution is 2.40. The average molecular weight is 1460 g/mol. The van der Waals surface area contributed by atoms with Crippen molar-refractivity contribution in [2.24, 2.45) is 0 Å². The molecule has 0 atom stereocenters. The third-order valence-electron chi connectivity index (χ3n) is 21.0. The molecule has 0 radical (unpaired) electrons. The number of benzene rings is 14. The second-order valence-electron chi connectivity index (χ2n) is 28.5. The van der Waals surface area contributed by atoms with E-state index in [0.717, 1.165) is 178 Å². The molecule has 0 saturated heterocycles. The molecule has 0 bridgehead atoms. The molecule has 0 fully saturated rings. The average Bonchev–Trinajstić information content (AvgIpc) is 0.765. The van der Waals surface area contributed by atoms with Gasteiger partial charge in [-0.05, 0) is 117 Å². The summed E-state index contributed by atoms with van der Waals surface area (Å²) in [5.41, 5.74) is 31.0.